The fraction of sp³-hybridized carbons (Fsp3) is 0.429. The van der Waals surface area contributed by atoms with Crippen molar-refractivity contribution in [2.75, 3.05) is 6.54 Å². The lowest BCUT2D eigenvalue weighted by atomic mass is 10.1. The molecule has 0 spiro atoms. The molecule has 5 heteroatoms. The Bertz CT molecular complexity index is 578. The quantitative estimate of drug-likeness (QED) is 0.850. The molecule has 1 heterocycles. The number of hydrogen-bond donors (Lipinski definition) is 1. The van der Waals surface area contributed by atoms with Crippen molar-refractivity contribution in [2.24, 2.45) is 5.73 Å². The highest BCUT2D eigenvalue weighted by Crippen LogP contribution is 2.46. The van der Waals surface area contributed by atoms with Gasteiger partial charge in [0, 0.05) is 11.4 Å². The Balaban J connectivity index is 1.65. The van der Waals surface area contributed by atoms with Gasteiger partial charge in [0.15, 0.2) is 5.82 Å². The summed E-state index contributed by atoms with van der Waals surface area (Å²) in [5.74, 6) is 2.20. The van der Waals surface area contributed by atoms with Gasteiger partial charge >= 0.3 is 0 Å². The third-order valence-corrected chi connectivity index (χ3v) is 4.51. The first-order valence-corrected chi connectivity index (χ1v) is 7.43. The van der Waals surface area contributed by atoms with Crippen LogP contribution in [0, 0.1) is 6.92 Å². The zero-order valence-electron chi connectivity index (χ0n) is 10.9. The van der Waals surface area contributed by atoms with E-state index in [-0.39, 0.29) is 5.41 Å². The van der Waals surface area contributed by atoms with Gasteiger partial charge in [-0.25, -0.2) is 0 Å². The predicted molar refractivity (Wildman–Crippen MR) is 75.0 cm³/mol. The molecule has 1 aromatic heterocycles. The number of thioether (sulfide) groups is 1. The first kappa shape index (κ1) is 12.7. The molecule has 19 heavy (non-hydrogen) atoms. The molecule has 0 radical (unpaired) electrons. The third kappa shape index (κ3) is 2.67. The zero-order chi connectivity index (χ0) is 13.3. The number of rotatable bonds is 5. The maximum absolute atomic E-state index is 5.76. The van der Waals surface area contributed by atoms with E-state index in [2.05, 4.69) is 41.3 Å². The molecule has 0 bridgehead atoms. The van der Waals surface area contributed by atoms with Crippen LogP contribution >= 0.6 is 11.8 Å². The summed E-state index contributed by atoms with van der Waals surface area (Å²) in [6, 6.07) is 8.41. The molecule has 0 unspecified atom stereocenters. The van der Waals surface area contributed by atoms with Crippen LogP contribution in [0.4, 0.5) is 0 Å². The average molecular weight is 275 g/mol. The Labute approximate surface area is 116 Å². The van der Waals surface area contributed by atoms with Gasteiger partial charge in [-0.15, -0.1) is 11.8 Å². The van der Waals surface area contributed by atoms with Gasteiger partial charge < -0.3 is 10.3 Å². The Morgan fingerprint density at radius 2 is 2.26 bits per heavy atom. The molecule has 0 amide bonds. The summed E-state index contributed by atoms with van der Waals surface area (Å²) in [5, 5.41) is 4.05. The molecule has 1 aromatic carbocycles. The molecule has 0 aliphatic heterocycles. The SMILES string of the molecule is Cc1cccc(SCc2noc(C3(CN)CC3)n2)c1. The van der Waals surface area contributed by atoms with E-state index in [1.165, 1.54) is 10.5 Å². The summed E-state index contributed by atoms with van der Waals surface area (Å²) in [4.78, 5) is 5.70. The van der Waals surface area contributed by atoms with Gasteiger partial charge in [0.2, 0.25) is 5.89 Å². The Morgan fingerprint density at radius 1 is 1.42 bits per heavy atom. The van der Waals surface area contributed by atoms with Gasteiger partial charge in [-0.2, -0.15) is 4.98 Å². The van der Waals surface area contributed by atoms with E-state index in [4.69, 9.17) is 10.3 Å². The molecule has 2 aromatic rings. The number of nitrogens with two attached hydrogens (primary N) is 1. The van der Waals surface area contributed by atoms with Crippen LogP contribution < -0.4 is 5.73 Å². The second-order valence-corrected chi connectivity index (χ2v) is 6.15. The van der Waals surface area contributed by atoms with Crippen LogP contribution in [-0.4, -0.2) is 16.7 Å². The van der Waals surface area contributed by atoms with Crippen molar-refractivity contribution < 1.29 is 4.52 Å². The molecular weight excluding hydrogens is 258 g/mol. The minimum atomic E-state index is -0.0146. The lowest BCUT2D eigenvalue weighted by Crippen LogP contribution is -2.20. The van der Waals surface area contributed by atoms with Crippen molar-refractivity contribution in [3.63, 3.8) is 0 Å². The largest absolute Gasteiger partial charge is 0.339 e. The topological polar surface area (TPSA) is 64.9 Å². The van der Waals surface area contributed by atoms with Crippen molar-refractivity contribution in [3.8, 4) is 0 Å². The Hall–Kier alpha value is -1.33. The van der Waals surface area contributed by atoms with Crippen LogP contribution in [0.1, 0.15) is 30.1 Å². The fourth-order valence-electron chi connectivity index (χ4n) is 2.04. The first-order chi connectivity index (χ1) is 9.22. The number of hydrogen-bond acceptors (Lipinski definition) is 5. The molecule has 1 aliphatic carbocycles. The van der Waals surface area contributed by atoms with Crippen LogP contribution in [0.2, 0.25) is 0 Å². The van der Waals surface area contributed by atoms with Crippen LogP contribution in [-0.2, 0) is 11.2 Å². The van der Waals surface area contributed by atoms with Gasteiger partial charge in [0.25, 0.3) is 0 Å². The molecule has 100 valence electrons. The van der Waals surface area contributed by atoms with Crippen LogP contribution in [0.5, 0.6) is 0 Å². The lowest BCUT2D eigenvalue weighted by molar-refractivity contribution is 0.344. The third-order valence-electron chi connectivity index (χ3n) is 3.52. The maximum Gasteiger partial charge on any atom is 0.234 e. The summed E-state index contributed by atoms with van der Waals surface area (Å²) in [7, 11) is 0. The predicted octanol–water partition coefficient (Wildman–Crippen LogP) is 2.66. The molecule has 4 nitrogen and oxygen atoms in total. The molecular formula is C14H17N3OS. The lowest BCUT2D eigenvalue weighted by Gasteiger charge is -2.03. The molecule has 2 N–H and O–H groups in total. The molecule has 0 saturated heterocycles. The molecule has 1 fully saturated rings. The zero-order valence-corrected chi connectivity index (χ0v) is 11.7. The van der Waals surface area contributed by atoms with Crippen LogP contribution in [0.25, 0.3) is 0 Å². The van der Waals surface area contributed by atoms with Crippen LogP contribution in [0.3, 0.4) is 0 Å². The van der Waals surface area contributed by atoms with E-state index in [0.717, 1.165) is 30.3 Å². The summed E-state index contributed by atoms with van der Waals surface area (Å²) in [6.45, 7) is 2.69. The smallest absolute Gasteiger partial charge is 0.234 e. The maximum atomic E-state index is 5.76. The first-order valence-electron chi connectivity index (χ1n) is 6.44. The molecule has 1 aliphatic rings. The van der Waals surface area contributed by atoms with Crippen LogP contribution in [0.15, 0.2) is 33.7 Å². The minimum Gasteiger partial charge on any atom is -0.339 e. The Kier molecular flexibility index (Phi) is 3.33. The number of aryl methyl sites for hydroxylation is 1. The van der Waals surface area contributed by atoms with E-state index in [9.17, 15) is 0 Å². The normalized spacial score (nSPS) is 16.5. The average Bonchev–Trinajstić information content (AvgIpc) is 3.08. The van der Waals surface area contributed by atoms with Gasteiger partial charge in [-0.3, -0.25) is 0 Å². The van der Waals surface area contributed by atoms with Crippen molar-refractivity contribution in [1.29, 1.82) is 0 Å². The van der Waals surface area contributed by atoms with Crippen molar-refractivity contribution >= 4 is 11.8 Å². The number of benzene rings is 1. The van der Waals surface area contributed by atoms with E-state index in [1.54, 1.807) is 11.8 Å². The summed E-state index contributed by atoms with van der Waals surface area (Å²) >= 11 is 1.72. The molecule has 0 atom stereocenters. The van der Waals surface area contributed by atoms with Crippen molar-refractivity contribution in [1.82, 2.24) is 10.1 Å². The van der Waals surface area contributed by atoms with Crippen molar-refractivity contribution in [2.45, 2.75) is 35.8 Å². The number of aromatic nitrogens is 2. The molecule has 1 saturated carbocycles. The van der Waals surface area contributed by atoms with E-state index < -0.39 is 0 Å². The van der Waals surface area contributed by atoms with Gasteiger partial charge in [0.1, 0.15) is 0 Å². The van der Waals surface area contributed by atoms with Gasteiger partial charge in [-0.1, -0.05) is 22.9 Å². The Morgan fingerprint density at radius 3 is 2.95 bits per heavy atom. The van der Waals surface area contributed by atoms with E-state index in [1.807, 2.05) is 0 Å². The van der Waals surface area contributed by atoms with E-state index >= 15 is 0 Å². The minimum absolute atomic E-state index is 0.0146. The summed E-state index contributed by atoms with van der Waals surface area (Å²) in [5.41, 5.74) is 7.01. The second kappa shape index (κ2) is 4.98. The standard InChI is InChI=1S/C14H17N3OS/c1-10-3-2-4-11(7-10)19-8-12-16-13(18-17-12)14(9-15)5-6-14/h2-4,7H,5-6,8-9,15H2,1H3. The monoisotopic (exact) mass is 275 g/mol. The number of nitrogens with zero attached hydrogens (tertiary/aromatic N) is 2. The second-order valence-electron chi connectivity index (χ2n) is 5.11. The van der Waals surface area contributed by atoms with Gasteiger partial charge in [-0.05, 0) is 31.9 Å². The van der Waals surface area contributed by atoms with E-state index in [0.29, 0.717) is 6.54 Å². The highest BCUT2D eigenvalue weighted by molar-refractivity contribution is 7.98. The highest BCUT2D eigenvalue weighted by Gasteiger charge is 2.48. The fourth-order valence-corrected chi connectivity index (χ4v) is 2.89. The van der Waals surface area contributed by atoms with Gasteiger partial charge in [0.05, 0.1) is 11.2 Å². The van der Waals surface area contributed by atoms with Crippen molar-refractivity contribution in [3.05, 3.63) is 41.5 Å². The summed E-state index contributed by atoms with van der Waals surface area (Å²) < 4.78 is 5.34. The summed E-state index contributed by atoms with van der Waals surface area (Å²) in [6.07, 6.45) is 2.13. The molecule has 3 rings (SSSR count). The highest BCUT2D eigenvalue weighted by atomic mass is 32.2.